The van der Waals surface area contributed by atoms with E-state index in [0.717, 1.165) is 19.2 Å². The van der Waals surface area contributed by atoms with Crippen LogP contribution in [0.5, 0.6) is 0 Å². The number of rotatable bonds is 2. The standard InChI is InChI=1S/C12H13F3N4/c1-2-5-18-6-8-19(9-7-18)11-4-3-10(16-17-11)12(13,14)15/h1,3-4H,5-9H2. The average Bonchev–Trinajstić information content (AvgIpc) is 2.39. The number of alkyl halides is 3. The summed E-state index contributed by atoms with van der Waals surface area (Å²) in [7, 11) is 0. The largest absolute Gasteiger partial charge is 0.435 e. The minimum atomic E-state index is -4.45. The molecule has 0 N–H and O–H groups in total. The Morgan fingerprint density at radius 3 is 2.32 bits per heavy atom. The number of hydrogen-bond acceptors (Lipinski definition) is 4. The monoisotopic (exact) mass is 270 g/mol. The predicted molar refractivity (Wildman–Crippen MR) is 64.5 cm³/mol. The highest BCUT2D eigenvalue weighted by Gasteiger charge is 2.33. The molecule has 1 aliphatic heterocycles. The number of hydrogen-bond donors (Lipinski definition) is 0. The second-order valence-electron chi connectivity index (χ2n) is 4.24. The Hall–Kier alpha value is -1.81. The van der Waals surface area contributed by atoms with Crippen LogP contribution in [0.2, 0.25) is 0 Å². The lowest BCUT2D eigenvalue weighted by atomic mass is 10.3. The maximum atomic E-state index is 12.4. The molecule has 102 valence electrons. The molecular formula is C12H13F3N4. The van der Waals surface area contributed by atoms with Gasteiger partial charge in [0, 0.05) is 26.2 Å². The van der Waals surface area contributed by atoms with Crippen LogP contribution in [-0.2, 0) is 6.18 Å². The zero-order valence-electron chi connectivity index (χ0n) is 10.2. The van der Waals surface area contributed by atoms with Crippen LogP contribution >= 0.6 is 0 Å². The van der Waals surface area contributed by atoms with Crippen molar-refractivity contribution in [3.63, 3.8) is 0 Å². The summed E-state index contributed by atoms with van der Waals surface area (Å²) in [6, 6.07) is 2.31. The Morgan fingerprint density at radius 1 is 1.16 bits per heavy atom. The van der Waals surface area contributed by atoms with Crippen molar-refractivity contribution >= 4 is 5.82 Å². The van der Waals surface area contributed by atoms with Gasteiger partial charge in [-0.1, -0.05) is 5.92 Å². The van der Waals surface area contributed by atoms with Crippen molar-refractivity contribution in [2.45, 2.75) is 6.18 Å². The summed E-state index contributed by atoms with van der Waals surface area (Å²) in [6.07, 6.45) is 0.781. The number of nitrogens with zero attached hydrogens (tertiary/aromatic N) is 4. The third-order valence-electron chi connectivity index (χ3n) is 2.95. The van der Waals surface area contributed by atoms with E-state index in [4.69, 9.17) is 6.42 Å². The lowest BCUT2D eigenvalue weighted by molar-refractivity contribution is -0.141. The molecule has 1 aliphatic rings. The molecule has 1 fully saturated rings. The summed E-state index contributed by atoms with van der Waals surface area (Å²) in [4.78, 5) is 4.01. The normalized spacial score (nSPS) is 17.3. The fourth-order valence-corrected chi connectivity index (χ4v) is 1.91. The van der Waals surface area contributed by atoms with Crippen molar-refractivity contribution in [1.29, 1.82) is 0 Å². The van der Waals surface area contributed by atoms with Crippen molar-refractivity contribution in [3.8, 4) is 12.3 Å². The molecule has 4 nitrogen and oxygen atoms in total. The first kappa shape index (κ1) is 13.6. The van der Waals surface area contributed by atoms with E-state index < -0.39 is 11.9 Å². The van der Waals surface area contributed by atoms with Gasteiger partial charge in [-0.15, -0.1) is 16.6 Å². The van der Waals surface area contributed by atoms with Gasteiger partial charge >= 0.3 is 6.18 Å². The molecule has 2 heterocycles. The van der Waals surface area contributed by atoms with E-state index in [1.54, 1.807) is 0 Å². The number of anilines is 1. The molecule has 0 aromatic carbocycles. The summed E-state index contributed by atoms with van der Waals surface area (Å²) in [5, 5.41) is 6.85. The highest BCUT2D eigenvalue weighted by Crippen LogP contribution is 2.27. The Morgan fingerprint density at radius 2 is 1.84 bits per heavy atom. The van der Waals surface area contributed by atoms with Gasteiger partial charge in [-0.25, -0.2) is 0 Å². The van der Waals surface area contributed by atoms with E-state index >= 15 is 0 Å². The molecule has 0 amide bonds. The molecule has 0 bridgehead atoms. The number of piperazine rings is 1. The molecule has 1 aromatic heterocycles. The molecule has 0 saturated carbocycles. The van der Waals surface area contributed by atoms with Crippen LogP contribution in [0.25, 0.3) is 0 Å². The van der Waals surface area contributed by atoms with E-state index in [1.807, 2.05) is 4.90 Å². The van der Waals surface area contributed by atoms with Gasteiger partial charge in [0.2, 0.25) is 0 Å². The van der Waals surface area contributed by atoms with Crippen molar-refractivity contribution in [2.75, 3.05) is 37.6 Å². The lowest BCUT2D eigenvalue weighted by Crippen LogP contribution is -2.46. The molecule has 0 atom stereocenters. The highest BCUT2D eigenvalue weighted by molar-refractivity contribution is 5.38. The first-order valence-electron chi connectivity index (χ1n) is 5.82. The summed E-state index contributed by atoms with van der Waals surface area (Å²) in [5.74, 6) is 3.04. The van der Waals surface area contributed by atoms with E-state index in [-0.39, 0.29) is 0 Å². The van der Waals surface area contributed by atoms with Crippen LogP contribution in [0, 0.1) is 12.3 Å². The zero-order chi connectivity index (χ0) is 13.9. The maximum absolute atomic E-state index is 12.4. The second-order valence-corrected chi connectivity index (χ2v) is 4.24. The molecule has 19 heavy (non-hydrogen) atoms. The van der Waals surface area contributed by atoms with Crippen LogP contribution in [-0.4, -0.2) is 47.8 Å². The highest BCUT2D eigenvalue weighted by atomic mass is 19.4. The summed E-state index contributed by atoms with van der Waals surface area (Å²) >= 11 is 0. The Labute approximate surface area is 109 Å². The van der Waals surface area contributed by atoms with Crippen molar-refractivity contribution in [2.24, 2.45) is 0 Å². The molecule has 1 aromatic rings. The minimum Gasteiger partial charge on any atom is -0.353 e. The smallest absolute Gasteiger partial charge is 0.353 e. The summed E-state index contributed by atoms with van der Waals surface area (Å²) < 4.78 is 37.1. The first-order valence-corrected chi connectivity index (χ1v) is 5.82. The minimum absolute atomic E-state index is 0.466. The zero-order valence-corrected chi connectivity index (χ0v) is 10.2. The van der Waals surface area contributed by atoms with Crippen LogP contribution in [0.15, 0.2) is 12.1 Å². The SMILES string of the molecule is C#CCN1CCN(c2ccc(C(F)(F)F)nn2)CC1. The molecule has 0 radical (unpaired) electrons. The van der Waals surface area contributed by atoms with Gasteiger partial charge in [-0.05, 0) is 12.1 Å². The second kappa shape index (κ2) is 5.45. The lowest BCUT2D eigenvalue weighted by Gasteiger charge is -2.34. The third-order valence-corrected chi connectivity index (χ3v) is 2.95. The van der Waals surface area contributed by atoms with Crippen molar-refractivity contribution < 1.29 is 13.2 Å². The van der Waals surface area contributed by atoms with Crippen LogP contribution in [0.4, 0.5) is 19.0 Å². The molecule has 7 heteroatoms. The molecule has 0 unspecified atom stereocenters. The quantitative estimate of drug-likeness (QED) is 0.757. The third kappa shape index (κ3) is 3.35. The van der Waals surface area contributed by atoms with Gasteiger partial charge in [-0.2, -0.15) is 13.2 Å². The predicted octanol–water partition coefficient (Wildman–Crippen LogP) is 1.25. The van der Waals surface area contributed by atoms with Gasteiger partial charge in [0.05, 0.1) is 6.54 Å². The Kier molecular flexibility index (Phi) is 3.90. The fraction of sp³-hybridized carbons (Fsp3) is 0.500. The van der Waals surface area contributed by atoms with Crippen LogP contribution < -0.4 is 4.90 Å². The molecule has 2 rings (SSSR count). The first-order chi connectivity index (χ1) is 9.00. The maximum Gasteiger partial charge on any atom is 0.435 e. The Balaban J connectivity index is 1.99. The van der Waals surface area contributed by atoms with Crippen molar-refractivity contribution in [3.05, 3.63) is 17.8 Å². The number of terminal acetylenes is 1. The molecular weight excluding hydrogens is 257 g/mol. The number of aromatic nitrogens is 2. The van der Waals surface area contributed by atoms with E-state index in [1.165, 1.54) is 6.07 Å². The number of halogens is 3. The van der Waals surface area contributed by atoms with Gasteiger partial charge in [0.25, 0.3) is 0 Å². The van der Waals surface area contributed by atoms with Crippen molar-refractivity contribution in [1.82, 2.24) is 15.1 Å². The van der Waals surface area contributed by atoms with Gasteiger partial charge in [0.1, 0.15) is 0 Å². The van der Waals surface area contributed by atoms with Gasteiger partial charge < -0.3 is 4.90 Å². The van der Waals surface area contributed by atoms with Gasteiger partial charge in [0.15, 0.2) is 11.5 Å². The molecule has 0 aliphatic carbocycles. The topological polar surface area (TPSA) is 32.3 Å². The van der Waals surface area contributed by atoms with Gasteiger partial charge in [-0.3, -0.25) is 4.90 Å². The van der Waals surface area contributed by atoms with Crippen LogP contribution in [0.1, 0.15) is 5.69 Å². The van der Waals surface area contributed by atoms with E-state index in [2.05, 4.69) is 21.0 Å². The fourth-order valence-electron chi connectivity index (χ4n) is 1.91. The Bertz CT molecular complexity index is 455. The molecule has 0 spiro atoms. The average molecular weight is 270 g/mol. The van der Waals surface area contributed by atoms with Crippen LogP contribution in [0.3, 0.4) is 0 Å². The summed E-state index contributed by atoms with van der Waals surface area (Å²) in [6.45, 7) is 3.50. The van der Waals surface area contributed by atoms with E-state index in [9.17, 15) is 13.2 Å². The summed E-state index contributed by atoms with van der Waals surface area (Å²) in [5.41, 5.74) is -0.970. The molecule has 1 saturated heterocycles. The van der Waals surface area contributed by atoms with E-state index in [0.29, 0.717) is 25.5 Å².